The van der Waals surface area contributed by atoms with Crippen LogP contribution in [0, 0.1) is 0 Å². The quantitative estimate of drug-likeness (QED) is 0.497. The van der Waals surface area contributed by atoms with Gasteiger partial charge in [0.2, 0.25) is 0 Å². The number of hydrogen-bond acceptors (Lipinski definition) is 4. The van der Waals surface area contributed by atoms with Crippen LogP contribution in [0.15, 0.2) is 78.9 Å². The smallest absolute Gasteiger partial charge is 0.323 e. The van der Waals surface area contributed by atoms with Crippen molar-refractivity contribution >= 4 is 23.1 Å². The van der Waals surface area contributed by atoms with Crippen molar-refractivity contribution in [2.45, 2.75) is 0 Å². The molecule has 0 radical (unpaired) electrons. The molecular formula is C21H21N3O3. The third-order valence-electron chi connectivity index (χ3n) is 3.67. The lowest BCUT2D eigenvalue weighted by molar-refractivity contribution is 0.262. The summed E-state index contributed by atoms with van der Waals surface area (Å²) in [5.74, 6) is 1.45. The molecule has 0 fully saturated rings. The van der Waals surface area contributed by atoms with Gasteiger partial charge in [0.05, 0.1) is 6.61 Å². The first-order chi connectivity index (χ1) is 13.2. The maximum absolute atomic E-state index is 12.1. The van der Waals surface area contributed by atoms with Gasteiger partial charge in [-0.05, 0) is 60.7 Å². The zero-order valence-electron chi connectivity index (χ0n) is 14.7. The van der Waals surface area contributed by atoms with E-state index >= 15 is 0 Å². The molecule has 0 aliphatic carbocycles. The second kappa shape index (κ2) is 9.26. The monoisotopic (exact) mass is 363 g/mol. The van der Waals surface area contributed by atoms with Crippen LogP contribution >= 0.6 is 0 Å². The molecule has 0 saturated carbocycles. The molecular weight excluding hydrogens is 342 g/mol. The summed E-state index contributed by atoms with van der Waals surface area (Å²) in [6.45, 7) is 0.550. The topological polar surface area (TPSA) is 82.6 Å². The first kappa shape index (κ1) is 18.3. The summed E-state index contributed by atoms with van der Waals surface area (Å²) in [7, 11) is 0. The van der Waals surface area contributed by atoms with Crippen molar-refractivity contribution in [1.29, 1.82) is 0 Å². The number of hydrogen-bond donors (Lipinski definition) is 4. The van der Waals surface area contributed by atoms with Crippen molar-refractivity contribution in [3.63, 3.8) is 0 Å². The van der Waals surface area contributed by atoms with Crippen LogP contribution in [0.25, 0.3) is 0 Å². The molecule has 6 heteroatoms. The van der Waals surface area contributed by atoms with Gasteiger partial charge in [0, 0.05) is 23.6 Å². The van der Waals surface area contributed by atoms with E-state index in [1.807, 2.05) is 42.5 Å². The molecule has 4 N–H and O–H groups in total. The fourth-order valence-corrected chi connectivity index (χ4v) is 2.40. The van der Waals surface area contributed by atoms with Crippen LogP contribution in [-0.2, 0) is 0 Å². The average molecular weight is 363 g/mol. The second-order valence-corrected chi connectivity index (χ2v) is 5.75. The minimum atomic E-state index is -0.331. The molecule has 3 aromatic carbocycles. The number of anilines is 3. The SMILES string of the molecule is O=C(Nc1ccc(NCCO)cc1)Nc1ccc(Oc2ccccc2)cc1. The van der Waals surface area contributed by atoms with Crippen LogP contribution in [0.1, 0.15) is 0 Å². The van der Waals surface area contributed by atoms with E-state index < -0.39 is 0 Å². The molecule has 6 nitrogen and oxygen atoms in total. The van der Waals surface area contributed by atoms with Gasteiger partial charge in [-0.15, -0.1) is 0 Å². The Morgan fingerprint density at radius 1 is 0.741 bits per heavy atom. The van der Waals surface area contributed by atoms with Crippen LogP contribution in [0.3, 0.4) is 0 Å². The van der Waals surface area contributed by atoms with Gasteiger partial charge < -0.3 is 25.8 Å². The third-order valence-corrected chi connectivity index (χ3v) is 3.67. The molecule has 0 atom stereocenters. The van der Waals surface area contributed by atoms with E-state index in [-0.39, 0.29) is 12.6 Å². The minimum Gasteiger partial charge on any atom is -0.457 e. The van der Waals surface area contributed by atoms with Gasteiger partial charge >= 0.3 is 6.03 Å². The zero-order chi connectivity index (χ0) is 18.9. The zero-order valence-corrected chi connectivity index (χ0v) is 14.7. The summed E-state index contributed by atoms with van der Waals surface area (Å²) < 4.78 is 5.72. The number of ether oxygens (including phenoxy) is 1. The lowest BCUT2D eigenvalue weighted by atomic mass is 10.2. The molecule has 3 aromatic rings. The second-order valence-electron chi connectivity index (χ2n) is 5.75. The molecule has 0 spiro atoms. The highest BCUT2D eigenvalue weighted by Crippen LogP contribution is 2.22. The lowest BCUT2D eigenvalue weighted by Gasteiger charge is -2.10. The van der Waals surface area contributed by atoms with E-state index in [4.69, 9.17) is 9.84 Å². The van der Waals surface area contributed by atoms with Crippen molar-refractivity contribution in [3.8, 4) is 11.5 Å². The molecule has 0 heterocycles. The fraction of sp³-hybridized carbons (Fsp3) is 0.0952. The summed E-state index contributed by atoms with van der Waals surface area (Å²) in [6, 6.07) is 23.6. The Bertz CT molecular complexity index is 850. The predicted molar refractivity (Wildman–Crippen MR) is 108 cm³/mol. The van der Waals surface area contributed by atoms with E-state index in [1.54, 1.807) is 36.4 Å². The number of carbonyl (C=O) groups is 1. The van der Waals surface area contributed by atoms with Gasteiger partial charge in [0.25, 0.3) is 0 Å². The van der Waals surface area contributed by atoms with Gasteiger partial charge in [0.1, 0.15) is 11.5 Å². The molecule has 2 amide bonds. The maximum Gasteiger partial charge on any atom is 0.323 e. The van der Waals surface area contributed by atoms with E-state index in [2.05, 4.69) is 16.0 Å². The molecule has 0 saturated heterocycles. The number of amides is 2. The molecule has 0 unspecified atom stereocenters. The van der Waals surface area contributed by atoms with Gasteiger partial charge in [0.15, 0.2) is 0 Å². The number of carbonyl (C=O) groups excluding carboxylic acids is 1. The highest BCUT2D eigenvalue weighted by molar-refractivity contribution is 5.99. The first-order valence-corrected chi connectivity index (χ1v) is 8.59. The number of nitrogens with one attached hydrogen (secondary N) is 3. The van der Waals surface area contributed by atoms with Crippen molar-refractivity contribution in [2.24, 2.45) is 0 Å². The van der Waals surface area contributed by atoms with E-state index in [0.29, 0.717) is 23.7 Å². The number of aliphatic hydroxyl groups is 1. The molecule has 138 valence electrons. The van der Waals surface area contributed by atoms with Crippen LogP contribution in [0.5, 0.6) is 11.5 Å². The maximum atomic E-state index is 12.1. The number of rotatable bonds is 7. The lowest BCUT2D eigenvalue weighted by Crippen LogP contribution is -2.19. The van der Waals surface area contributed by atoms with Crippen molar-refractivity contribution < 1.29 is 14.6 Å². The molecule has 0 bridgehead atoms. The van der Waals surface area contributed by atoms with Crippen LogP contribution in [0.4, 0.5) is 21.9 Å². The predicted octanol–water partition coefficient (Wildman–Crippen LogP) is 4.53. The summed E-state index contributed by atoms with van der Waals surface area (Å²) in [5.41, 5.74) is 2.21. The molecule has 27 heavy (non-hydrogen) atoms. The number of urea groups is 1. The molecule has 0 aliphatic heterocycles. The Labute approximate surface area is 157 Å². The van der Waals surface area contributed by atoms with Gasteiger partial charge in [-0.3, -0.25) is 0 Å². The Morgan fingerprint density at radius 2 is 1.26 bits per heavy atom. The normalized spacial score (nSPS) is 10.1. The van der Waals surface area contributed by atoms with E-state index in [9.17, 15) is 4.79 Å². The Morgan fingerprint density at radius 3 is 1.85 bits per heavy atom. The molecule has 0 aromatic heterocycles. The van der Waals surface area contributed by atoms with Crippen LogP contribution in [-0.4, -0.2) is 24.3 Å². The Hall–Kier alpha value is -3.51. The summed E-state index contributed by atoms with van der Waals surface area (Å²) in [5, 5.41) is 17.4. The summed E-state index contributed by atoms with van der Waals surface area (Å²) >= 11 is 0. The van der Waals surface area contributed by atoms with Gasteiger partial charge in [-0.1, -0.05) is 18.2 Å². The van der Waals surface area contributed by atoms with Crippen LogP contribution < -0.4 is 20.7 Å². The fourth-order valence-electron chi connectivity index (χ4n) is 2.40. The highest BCUT2D eigenvalue weighted by atomic mass is 16.5. The van der Waals surface area contributed by atoms with Crippen LogP contribution in [0.2, 0.25) is 0 Å². The third kappa shape index (κ3) is 5.76. The van der Waals surface area contributed by atoms with E-state index in [0.717, 1.165) is 11.4 Å². The summed E-state index contributed by atoms with van der Waals surface area (Å²) in [6.07, 6.45) is 0. The van der Waals surface area contributed by atoms with Crippen molar-refractivity contribution in [2.75, 3.05) is 29.1 Å². The van der Waals surface area contributed by atoms with Crippen molar-refractivity contribution in [3.05, 3.63) is 78.9 Å². The minimum absolute atomic E-state index is 0.0670. The molecule has 3 rings (SSSR count). The van der Waals surface area contributed by atoms with E-state index in [1.165, 1.54) is 0 Å². The Balaban J connectivity index is 1.51. The van der Waals surface area contributed by atoms with Crippen molar-refractivity contribution in [1.82, 2.24) is 0 Å². The standard InChI is InChI=1S/C21H21N3O3/c25-15-14-22-16-6-8-17(9-7-16)23-21(26)24-18-10-12-20(13-11-18)27-19-4-2-1-3-5-19/h1-13,22,25H,14-15H2,(H2,23,24,26). The number of aliphatic hydroxyl groups excluding tert-OH is 1. The average Bonchev–Trinajstić information content (AvgIpc) is 2.70. The number of benzene rings is 3. The highest BCUT2D eigenvalue weighted by Gasteiger charge is 2.04. The van der Waals surface area contributed by atoms with Gasteiger partial charge in [-0.2, -0.15) is 0 Å². The summed E-state index contributed by atoms with van der Waals surface area (Å²) in [4.78, 5) is 12.1. The first-order valence-electron chi connectivity index (χ1n) is 8.59. The largest absolute Gasteiger partial charge is 0.457 e. The van der Waals surface area contributed by atoms with Gasteiger partial charge in [-0.25, -0.2) is 4.79 Å². The molecule has 0 aliphatic rings. The Kier molecular flexibility index (Phi) is 6.27. The number of para-hydroxylation sites is 1.